The summed E-state index contributed by atoms with van der Waals surface area (Å²) in [4.78, 5) is 23.1. The van der Waals surface area contributed by atoms with Gasteiger partial charge in [-0.05, 0) is 54.8 Å². The number of aromatic amines is 1. The molecule has 10 heteroatoms. The number of anilines is 1. The third-order valence-electron chi connectivity index (χ3n) is 7.29. The smallest absolute Gasteiger partial charge is 0.264 e. The lowest BCUT2D eigenvalue weighted by Gasteiger charge is -2.35. The van der Waals surface area contributed by atoms with Crippen LogP contribution in [-0.4, -0.2) is 62.6 Å². The van der Waals surface area contributed by atoms with Crippen molar-refractivity contribution in [3.63, 3.8) is 0 Å². The van der Waals surface area contributed by atoms with Crippen LogP contribution in [0.4, 0.5) is 5.69 Å². The molecule has 0 fully saturated rings. The number of rotatable bonds is 10. The Morgan fingerprint density at radius 1 is 1.05 bits per heavy atom. The molecule has 1 unspecified atom stereocenters. The highest BCUT2D eigenvalue weighted by Gasteiger charge is 2.34. The molecule has 9 nitrogen and oxygen atoms in total. The van der Waals surface area contributed by atoms with Crippen molar-refractivity contribution in [3.8, 4) is 5.75 Å². The Hall–Kier alpha value is -4.15. The lowest BCUT2D eigenvalue weighted by molar-refractivity contribution is -0.138. The first-order valence-electron chi connectivity index (χ1n) is 13.5. The first kappa shape index (κ1) is 28.4. The Balaban J connectivity index is 1.32. The second-order valence-corrected chi connectivity index (χ2v) is 11.8. The maximum Gasteiger partial charge on any atom is 0.264 e. The number of carbonyl (C=O) groups is 1. The van der Waals surface area contributed by atoms with Gasteiger partial charge < -0.3 is 19.4 Å². The number of aromatic nitrogens is 2. The van der Waals surface area contributed by atoms with Crippen LogP contribution in [0.25, 0.3) is 0 Å². The third-order valence-corrected chi connectivity index (χ3v) is 9.42. The number of hydrogen-bond donors (Lipinski definition) is 1. The summed E-state index contributed by atoms with van der Waals surface area (Å²) >= 11 is 0. The molecule has 0 saturated carbocycles. The van der Waals surface area contributed by atoms with E-state index in [1.165, 1.54) is 4.31 Å². The number of fused-ring (bicyclic) bond motifs is 1. The number of carbonyl (C=O) groups excluding carboxylic acids is 1. The van der Waals surface area contributed by atoms with Gasteiger partial charge in [-0.2, -0.15) is 0 Å². The second-order valence-electron chi connectivity index (χ2n) is 9.97. The average molecular weight is 575 g/mol. The van der Waals surface area contributed by atoms with Crippen LogP contribution in [0.2, 0.25) is 0 Å². The summed E-state index contributed by atoms with van der Waals surface area (Å²) < 4.78 is 40.5. The number of aryl methyl sites for hydroxylation is 2. The number of benzene rings is 3. The quantitative estimate of drug-likeness (QED) is 0.281. The average Bonchev–Trinajstić information content (AvgIpc) is 3.45. The van der Waals surface area contributed by atoms with E-state index in [0.29, 0.717) is 35.5 Å². The van der Waals surface area contributed by atoms with Gasteiger partial charge in [0, 0.05) is 18.7 Å². The molecule has 5 rings (SSSR count). The minimum absolute atomic E-state index is 0.0333. The summed E-state index contributed by atoms with van der Waals surface area (Å²) in [5, 5.41) is 0. The molecule has 0 radical (unpaired) electrons. The van der Waals surface area contributed by atoms with Crippen molar-refractivity contribution in [1.29, 1.82) is 0 Å². The van der Waals surface area contributed by atoms with Crippen LogP contribution < -0.4 is 9.04 Å². The molecule has 1 N–H and O–H groups in total. The van der Waals surface area contributed by atoms with E-state index < -0.39 is 10.0 Å². The number of amides is 1. The molecule has 1 aromatic heterocycles. The number of nitrogens with one attached hydrogen (secondary N) is 1. The minimum Gasteiger partial charge on any atom is -0.497 e. The predicted octanol–water partition coefficient (Wildman–Crippen LogP) is 4.42. The van der Waals surface area contributed by atoms with Gasteiger partial charge in [0.1, 0.15) is 18.4 Å². The van der Waals surface area contributed by atoms with Crippen LogP contribution in [0, 0.1) is 13.8 Å². The van der Waals surface area contributed by atoms with Gasteiger partial charge in [-0.1, -0.05) is 48.5 Å². The van der Waals surface area contributed by atoms with Crippen molar-refractivity contribution in [2.24, 2.45) is 0 Å². The van der Waals surface area contributed by atoms with E-state index in [-0.39, 0.29) is 36.6 Å². The molecule has 1 amide bonds. The molecule has 0 spiro atoms. The van der Waals surface area contributed by atoms with Crippen LogP contribution in [0.3, 0.4) is 0 Å². The van der Waals surface area contributed by atoms with Gasteiger partial charge in [-0.3, -0.25) is 9.10 Å². The van der Waals surface area contributed by atoms with E-state index in [0.717, 1.165) is 17.0 Å². The summed E-state index contributed by atoms with van der Waals surface area (Å²) in [7, 11) is -2.39. The Bertz CT molecular complexity index is 1580. The summed E-state index contributed by atoms with van der Waals surface area (Å²) in [6, 6.07) is 21.8. The zero-order valence-corrected chi connectivity index (χ0v) is 24.2. The number of hydrogen-bond acceptors (Lipinski definition) is 6. The number of ether oxygens (including phenoxy) is 2. The number of sulfonamides is 1. The number of imidazole rings is 1. The summed E-state index contributed by atoms with van der Waals surface area (Å²) in [6.45, 7) is 3.94. The molecule has 214 valence electrons. The maximum absolute atomic E-state index is 14.0. The molecular formula is C31H34N4O5S. The summed E-state index contributed by atoms with van der Waals surface area (Å²) in [5.41, 5.74) is 4.53. The molecule has 1 atom stereocenters. The highest BCUT2D eigenvalue weighted by atomic mass is 32.2. The van der Waals surface area contributed by atoms with Gasteiger partial charge in [-0.25, -0.2) is 13.4 Å². The van der Waals surface area contributed by atoms with E-state index in [1.54, 1.807) is 68.6 Å². The molecular weight excluding hydrogens is 540 g/mol. The van der Waals surface area contributed by atoms with Crippen LogP contribution in [0.15, 0.2) is 84.0 Å². The van der Waals surface area contributed by atoms with Crippen LogP contribution in [0.1, 0.15) is 34.1 Å². The molecule has 1 aliphatic rings. The normalized spacial score (nSPS) is 14.9. The molecule has 2 heterocycles. The van der Waals surface area contributed by atoms with E-state index in [4.69, 9.17) is 9.47 Å². The fourth-order valence-electron chi connectivity index (χ4n) is 5.44. The molecule has 0 bridgehead atoms. The van der Waals surface area contributed by atoms with E-state index in [1.807, 2.05) is 36.4 Å². The minimum atomic E-state index is -3.94. The Labute approximate surface area is 240 Å². The maximum atomic E-state index is 14.0. The lowest BCUT2D eigenvalue weighted by atomic mass is 9.95. The van der Waals surface area contributed by atoms with Crippen LogP contribution >= 0.6 is 0 Å². The highest BCUT2D eigenvalue weighted by molar-refractivity contribution is 7.93. The van der Waals surface area contributed by atoms with Crippen molar-refractivity contribution < 1.29 is 22.7 Å². The van der Waals surface area contributed by atoms with Crippen molar-refractivity contribution in [1.82, 2.24) is 14.9 Å². The zero-order valence-electron chi connectivity index (χ0n) is 23.4. The Morgan fingerprint density at radius 3 is 2.37 bits per heavy atom. The molecule has 0 aliphatic carbocycles. The van der Waals surface area contributed by atoms with Crippen LogP contribution in [-0.2, 0) is 26.0 Å². The molecule has 0 saturated heterocycles. The third kappa shape index (κ3) is 5.84. The van der Waals surface area contributed by atoms with Gasteiger partial charge in [0.15, 0.2) is 0 Å². The SMILES string of the molecule is COc1cc(C)c(S(=O)(=O)N(CCOCC(=O)N2CCc3[nH]cnc3C2c2ccccc2)c2ccccc2)c(C)c1. The van der Waals surface area contributed by atoms with Gasteiger partial charge in [0.25, 0.3) is 10.0 Å². The monoisotopic (exact) mass is 574 g/mol. The molecule has 4 aromatic rings. The number of H-pyrrole nitrogens is 1. The zero-order chi connectivity index (χ0) is 29.0. The van der Waals surface area contributed by atoms with Gasteiger partial charge in [0.2, 0.25) is 5.91 Å². The second kappa shape index (κ2) is 12.2. The number of methoxy groups -OCH3 is 1. The van der Waals surface area contributed by atoms with Gasteiger partial charge >= 0.3 is 0 Å². The Morgan fingerprint density at radius 2 is 1.71 bits per heavy atom. The van der Waals surface area contributed by atoms with E-state index in [2.05, 4.69) is 9.97 Å². The standard InChI is InChI=1S/C31H34N4O5S/c1-22-18-26(39-3)19-23(2)31(22)41(37,38)35(25-12-8-5-9-13-25)16-17-40-20-28(36)34-15-14-27-29(33-21-32-27)30(34)24-10-6-4-7-11-24/h4-13,18-19,21,30H,14-17,20H2,1-3H3,(H,32,33). The summed E-state index contributed by atoms with van der Waals surface area (Å²) in [6.07, 6.45) is 2.33. The fraction of sp³-hybridized carbons (Fsp3) is 0.290. The molecule has 1 aliphatic heterocycles. The Kier molecular flexibility index (Phi) is 8.41. The molecule has 3 aromatic carbocycles. The number of para-hydroxylation sites is 1. The van der Waals surface area contributed by atoms with Gasteiger partial charge in [0.05, 0.1) is 42.9 Å². The lowest BCUT2D eigenvalue weighted by Crippen LogP contribution is -2.43. The summed E-state index contributed by atoms with van der Waals surface area (Å²) in [5.74, 6) is 0.420. The van der Waals surface area contributed by atoms with Crippen molar-refractivity contribution in [2.45, 2.75) is 31.2 Å². The van der Waals surface area contributed by atoms with E-state index in [9.17, 15) is 13.2 Å². The topological polar surface area (TPSA) is 105 Å². The molecule has 41 heavy (non-hydrogen) atoms. The van der Waals surface area contributed by atoms with Crippen LogP contribution in [0.5, 0.6) is 5.75 Å². The van der Waals surface area contributed by atoms with Crippen molar-refractivity contribution >= 4 is 21.6 Å². The largest absolute Gasteiger partial charge is 0.497 e. The fourth-order valence-corrected chi connectivity index (χ4v) is 7.30. The van der Waals surface area contributed by atoms with E-state index >= 15 is 0 Å². The number of nitrogens with zero attached hydrogens (tertiary/aromatic N) is 3. The first-order valence-corrected chi connectivity index (χ1v) is 14.9. The van der Waals surface area contributed by atoms with Crippen molar-refractivity contribution in [3.05, 3.63) is 107 Å². The highest BCUT2D eigenvalue weighted by Crippen LogP contribution is 2.34. The van der Waals surface area contributed by atoms with Crippen molar-refractivity contribution in [2.75, 3.05) is 37.7 Å². The predicted molar refractivity (Wildman–Crippen MR) is 157 cm³/mol. The first-order chi connectivity index (χ1) is 19.8. The van der Waals surface area contributed by atoms with Gasteiger partial charge in [-0.15, -0.1) is 0 Å².